The van der Waals surface area contributed by atoms with Crippen LogP contribution >= 0.6 is 12.2 Å². The van der Waals surface area contributed by atoms with Crippen molar-refractivity contribution in [2.75, 3.05) is 19.5 Å². The number of thiocarbonyl (C=S) groups is 1. The Morgan fingerprint density at radius 1 is 1.18 bits per heavy atom. The number of hydrogen-bond donors (Lipinski definition) is 3. The lowest BCUT2D eigenvalue weighted by Gasteiger charge is -2.14. The summed E-state index contributed by atoms with van der Waals surface area (Å²) in [6.45, 7) is 0. The van der Waals surface area contributed by atoms with Gasteiger partial charge in [-0.1, -0.05) is 0 Å². The molecule has 0 saturated carbocycles. The van der Waals surface area contributed by atoms with E-state index in [1.165, 1.54) is 13.4 Å². The van der Waals surface area contributed by atoms with Crippen LogP contribution in [0, 0.1) is 0 Å². The van der Waals surface area contributed by atoms with Crippen LogP contribution in [0.15, 0.2) is 41.0 Å². The van der Waals surface area contributed by atoms with Crippen LogP contribution in [0.3, 0.4) is 0 Å². The third-order valence-electron chi connectivity index (χ3n) is 2.69. The quantitative estimate of drug-likeness (QED) is 0.586. The van der Waals surface area contributed by atoms with E-state index in [2.05, 4.69) is 16.2 Å². The van der Waals surface area contributed by atoms with Gasteiger partial charge in [0, 0.05) is 6.07 Å². The molecule has 2 aromatic rings. The molecule has 1 amide bonds. The number of methoxy groups -OCH3 is 2. The highest BCUT2D eigenvalue weighted by Gasteiger charge is 2.10. The van der Waals surface area contributed by atoms with Gasteiger partial charge < -0.3 is 19.2 Å². The zero-order valence-electron chi connectivity index (χ0n) is 12.0. The minimum Gasteiger partial charge on any atom is -0.497 e. The monoisotopic (exact) mass is 321 g/mol. The molecule has 0 aliphatic heterocycles. The standard InChI is InChI=1S/C14H15N3O4S/c1-19-9-5-6-10(12(8-9)20-2)15-14(22)17-16-13(18)11-4-3-7-21-11/h3-8H,1-2H3,(H,16,18)(H2,15,17,22). The second-order valence-electron chi connectivity index (χ2n) is 4.08. The van der Waals surface area contributed by atoms with Crippen LogP contribution < -0.4 is 25.6 Å². The Morgan fingerprint density at radius 3 is 2.64 bits per heavy atom. The van der Waals surface area contributed by atoms with E-state index in [9.17, 15) is 4.79 Å². The fourth-order valence-electron chi connectivity index (χ4n) is 1.64. The fraction of sp³-hybridized carbons (Fsp3) is 0.143. The zero-order valence-corrected chi connectivity index (χ0v) is 12.8. The summed E-state index contributed by atoms with van der Waals surface area (Å²) in [4.78, 5) is 11.7. The Kier molecular flexibility index (Phi) is 5.21. The van der Waals surface area contributed by atoms with Crippen molar-refractivity contribution in [2.24, 2.45) is 0 Å². The van der Waals surface area contributed by atoms with E-state index in [1.807, 2.05) is 0 Å². The summed E-state index contributed by atoms with van der Waals surface area (Å²) in [5.41, 5.74) is 5.62. The van der Waals surface area contributed by atoms with E-state index in [1.54, 1.807) is 37.4 Å². The first kappa shape index (κ1) is 15.6. The number of ether oxygens (including phenoxy) is 2. The summed E-state index contributed by atoms with van der Waals surface area (Å²) in [6.07, 6.45) is 1.41. The number of hydrazine groups is 1. The Hall–Kier alpha value is -2.74. The summed E-state index contributed by atoms with van der Waals surface area (Å²) in [6, 6.07) is 8.38. The van der Waals surface area contributed by atoms with Gasteiger partial charge in [0.05, 0.1) is 26.2 Å². The summed E-state index contributed by atoms with van der Waals surface area (Å²) >= 11 is 5.10. The summed E-state index contributed by atoms with van der Waals surface area (Å²) < 4.78 is 15.3. The highest BCUT2D eigenvalue weighted by atomic mass is 32.1. The van der Waals surface area contributed by atoms with Crippen LogP contribution in [0.2, 0.25) is 0 Å². The smallest absolute Gasteiger partial charge is 0.305 e. The average Bonchev–Trinajstić information content (AvgIpc) is 3.07. The number of amides is 1. The molecule has 1 heterocycles. The predicted molar refractivity (Wildman–Crippen MR) is 85.1 cm³/mol. The van der Waals surface area contributed by atoms with Gasteiger partial charge in [0.1, 0.15) is 11.5 Å². The van der Waals surface area contributed by atoms with Gasteiger partial charge in [0.2, 0.25) is 0 Å². The molecule has 0 aliphatic rings. The lowest BCUT2D eigenvalue weighted by atomic mass is 10.2. The van der Waals surface area contributed by atoms with E-state index in [4.69, 9.17) is 26.1 Å². The van der Waals surface area contributed by atoms with Gasteiger partial charge in [0.15, 0.2) is 10.9 Å². The van der Waals surface area contributed by atoms with Crippen molar-refractivity contribution in [1.29, 1.82) is 0 Å². The molecule has 0 bridgehead atoms. The first-order chi connectivity index (χ1) is 10.6. The second kappa shape index (κ2) is 7.32. The normalized spacial score (nSPS) is 9.73. The molecule has 0 spiro atoms. The number of nitrogens with one attached hydrogen (secondary N) is 3. The van der Waals surface area contributed by atoms with Crippen molar-refractivity contribution in [2.45, 2.75) is 0 Å². The SMILES string of the molecule is COc1ccc(NC(=S)NNC(=O)c2ccco2)c(OC)c1. The molecule has 22 heavy (non-hydrogen) atoms. The van der Waals surface area contributed by atoms with E-state index in [-0.39, 0.29) is 10.9 Å². The first-order valence-corrected chi connectivity index (χ1v) is 6.67. The van der Waals surface area contributed by atoms with E-state index < -0.39 is 5.91 Å². The van der Waals surface area contributed by atoms with Crippen LogP contribution in [0.1, 0.15) is 10.6 Å². The van der Waals surface area contributed by atoms with Gasteiger partial charge >= 0.3 is 5.91 Å². The third kappa shape index (κ3) is 3.89. The van der Waals surface area contributed by atoms with Crippen molar-refractivity contribution in [1.82, 2.24) is 10.9 Å². The number of rotatable bonds is 4. The minimum absolute atomic E-state index is 0.178. The fourth-order valence-corrected chi connectivity index (χ4v) is 1.80. The molecule has 3 N–H and O–H groups in total. The topological polar surface area (TPSA) is 84.8 Å². The molecular weight excluding hydrogens is 306 g/mol. The first-order valence-electron chi connectivity index (χ1n) is 6.27. The van der Waals surface area contributed by atoms with Gasteiger partial charge in [0.25, 0.3) is 0 Å². The summed E-state index contributed by atoms with van der Waals surface area (Å²) in [5.74, 6) is 0.960. The van der Waals surface area contributed by atoms with Crippen LogP contribution in [0.25, 0.3) is 0 Å². The number of carbonyl (C=O) groups is 1. The van der Waals surface area contributed by atoms with Gasteiger partial charge in [-0.15, -0.1) is 0 Å². The molecule has 0 radical (unpaired) electrons. The molecule has 1 aromatic heterocycles. The molecule has 8 heteroatoms. The maximum Gasteiger partial charge on any atom is 0.305 e. The molecule has 0 fully saturated rings. The Bertz CT molecular complexity index is 658. The third-order valence-corrected chi connectivity index (χ3v) is 2.90. The lowest BCUT2D eigenvalue weighted by Crippen LogP contribution is -2.43. The molecule has 7 nitrogen and oxygen atoms in total. The van der Waals surface area contributed by atoms with Crippen molar-refractivity contribution in [3.63, 3.8) is 0 Å². The average molecular weight is 321 g/mol. The number of furan rings is 1. The Morgan fingerprint density at radius 2 is 2.00 bits per heavy atom. The summed E-state index contributed by atoms with van der Waals surface area (Å²) in [7, 11) is 3.10. The maximum absolute atomic E-state index is 11.7. The number of benzene rings is 1. The van der Waals surface area contributed by atoms with Crippen LogP contribution in [-0.2, 0) is 0 Å². The minimum atomic E-state index is -0.434. The number of hydrogen-bond acceptors (Lipinski definition) is 5. The van der Waals surface area contributed by atoms with E-state index in [0.29, 0.717) is 17.2 Å². The molecule has 0 aliphatic carbocycles. The molecule has 0 saturated heterocycles. The molecular formula is C14H15N3O4S. The van der Waals surface area contributed by atoms with Gasteiger partial charge in [-0.2, -0.15) is 0 Å². The molecule has 116 valence electrons. The van der Waals surface area contributed by atoms with Crippen molar-refractivity contribution >= 4 is 28.9 Å². The van der Waals surface area contributed by atoms with Crippen LogP contribution in [0.4, 0.5) is 5.69 Å². The zero-order chi connectivity index (χ0) is 15.9. The van der Waals surface area contributed by atoms with Crippen molar-refractivity contribution in [3.8, 4) is 11.5 Å². The highest BCUT2D eigenvalue weighted by Crippen LogP contribution is 2.28. The molecule has 2 rings (SSSR count). The lowest BCUT2D eigenvalue weighted by molar-refractivity contribution is 0.0916. The Labute approximate surface area is 132 Å². The van der Waals surface area contributed by atoms with Gasteiger partial charge in [-0.05, 0) is 36.5 Å². The highest BCUT2D eigenvalue weighted by molar-refractivity contribution is 7.80. The molecule has 1 aromatic carbocycles. The number of anilines is 1. The number of carbonyl (C=O) groups excluding carboxylic acids is 1. The van der Waals surface area contributed by atoms with E-state index >= 15 is 0 Å². The van der Waals surface area contributed by atoms with Crippen molar-refractivity contribution < 1.29 is 18.7 Å². The van der Waals surface area contributed by atoms with Gasteiger partial charge in [-0.3, -0.25) is 15.6 Å². The van der Waals surface area contributed by atoms with Crippen LogP contribution in [-0.4, -0.2) is 25.2 Å². The molecule has 0 unspecified atom stereocenters. The van der Waals surface area contributed by atoms with Gasteiger partial charge in [-0.25, -0.2) is 0 Å². The van der Waals surface area contributed by atoms with E-state index in [0.717, 1.165) is 0 Å². The largest absolute Gasteiger partial charge is 0.497 e. The molecule has 0 atom stereocenters. The van der Waals surface area contributed by atoms with Crippen LogP contribution in [0.5, 0.6) is 11.5 Å². The predicted octanol–water partition coefficient (Wildman–Crippen LogP) is 1.93. The summed E-state index contributed by atoms with van der Waals surface area (Å²) in [5, 5.41) is 3.11. The van der Waals surface area contributed by atoms with Crippen molar-refractivity contribution in [3.05, 3.63) is 42.4 Å². The Balaban J connectivity index is 1.93. The second-order valence-corrected chi connectivity index (χ2v) is 4.49. The maximum atomic E-state index is 11.7.